The molecule has 17 heavy (non-hydrogen) atoms. The monoisotopic (exact) mass is 227 g/mol. The van der Waals surface area contributed by atoms with E-state index < -0.39 is 0 Å². The van der Waals surface area contributed by atoms with Gasteiger partial charge in [0.25, 0.3) is 0 Å². The highest BCUT2D eigenvalue weighted by Gasteiger charge is 2.03. The lowest BCUT2D eigenvalue weighted by atomic mass is 9.49. The minimum Gasteiger partial charge on any atom is -0.457 e. The molecule has 2 nitrogen and oxygen atoms in total. The molecule has 0 radical (unpaired) electrons. The summed E-state index contributed by atoms with van der Waals surface area (Å²) in [7, 11) is 0. The second kappa shape index (κ2) is 4.96. The van der Waals surface area contributed by atoms with Gasteiger partial charge in [-0.1, -0.05) is 37.3 Å². The molecule has 0 bridgehead atoms. The maximum atomic E-state index is 5.71. The van der Waals surface area contributed by atoms with Crippen molar-refractivity contribution in [2.45, 2.75) is 13.6 Å². The fourth-order valence-electron chi connectivity index (χ4n) is 1.63. The van der Waals surface area contributed by atoms with Gasteiger partial charge < -0.3 is 10.5 Å². The molecule has 0 saturated carbocycles. The van der Waals surface area contributed by atoms with Gasteiger partial charge in [0.2, 0.25) is 0 Å². The van der Waals surface area contributed by atoms with E-state index in [1.807, 2.05) is 36.4 Å². The first-order valence-electron chi connectivity index (χ1n) is 5.78. The first kappa shape index (κ1) is 11.6. The summed E-state index contributed by atoms with van der Waals surface area (Å²) in [6.45, 7) is 4.89. The summed E-state index contributed by atoms with van der Waals surface area (Å²) in [5.74, 6) is 1.60. The highest BCUT2D eigenvalue weighted by molar-refractivity contribution is 6.70. The lowest BCUT2D eigenvalue weighted by Gasteiger charge is -2.08. The maximum absolute atomic E-state index is 5.71. The molecule has 0 amide bonds. The summed E-state index contributed by atoms with van der Waals surface area (Å²) in [6.07, 6.45) is 0. The molecule has 2 aromatic carbocycles. The van der Waals surface area contributed by atoms with Crippen LogP contribution in [-0.4, -0.2) is 6.71 Å². The summed E-state index contributed by atoms with van der Waals surface area (Å²) < 4.78 is 5.71. The zero-order valence-electron chi connectivity index (χ0n) is 10.2. The van der Waals surface area contributed by atoms with E-state index >= 15 is 0 Å². The van der Waals surface area contributed by atoms with Crippen LogP contribution in [0, 0.1) is 0 Å². The van der Waals surface area contributed by atoms with Crippen molar-refractivity contribution < 1.29 is 6.16 Å². The zero-order valence-corrected chi connectivity index (χ0v) is 10.2. The molecule has 0 atom stereocenters. The minimum atomic E-state index is 0. The van der Waals surface area contributed by atoms with Crippen LogP contribution >= 0.6 is 0 Å². The molecule has 0 fully saturated rings. The van der Waals surface area contributed by atoms with E-state index in [2.05, 4.69) is 25.8 Å². The number of rotatable bonds is 3. The van der Waals surface area contributed by atoms with E-state index in [1.54, 1.807) is 0 Å². The molecule has 88 valence electrons. The largest absolute Gasteiger partial charge is 0.457 e. The van der Waals surface area contributed by atoms with Crippen molar-refractivity contribution in [1.29, 1.82) is 0 Å². The van der Waals surface area contributed by atoms with Gasteiger partial charge in [0, 0.05) is 13.2 Å². The second-order valence-corrected chi connectivity index (χ2v) is 4.40. The topological polar surface area (TPSA) is 35.2 Å². The van der Waals surface area contributed by atoms with E-state index in [0.717, 1.165) is 11.5 Å². The van der Waals surface area contributed by atoms with Crippen LogP contribution in [0.5, 0.6) is 11.5 Å². The normalized spacial score (nSPS) is 10.0. The van der Waals surface area contributed by atoms with Crippen molar-refractivity contribution in [2.75, 3.05) is 5.73 Å². The SMILES string of the molecule is CB(C)c1ccc(Oc2cccc(N)c2)cc1.[HH]. The Morgan fingerprint density at radius 1 is 1.00 bits per heavy atom. The number of nitrogen functional groups attached to an aromatic ring is 1. The van der Waals surface area contributed by atoms with Crippen LogP contribution in [0.25, 0.3) is 0 Å². The van der Waals surface area contributed by atoms with Gasteiger partial charge in [-0.05, 0) is 24.3 Å². The predicted octanol–water partition coefficient (Wildman–Crippen LogP) is 3.27. The third-order valence-electron chi connectivity index (χ3n) is 2.64. The van der Waals surface area contributed by atoms with Gasteiger partial charge in [-0.15, -0.1) is 0 Å². The molecule has 0 aliphatic carbocycles. The quantitative estimate of drug-likeness (QED) is 0.645. The number of hydrogen-bond donors (Lipinski definition) is 1. The number of anilines is 1. The number of hydrogen-bond acceptors (Lipinski definition) is 2. The van der Waals surface area contributed by atoms with Crippen LogP contribution < -0.4 is 15.9 Å². The summed E-state index contributed by atoms with van der Waals surface area (Å²) in [5.41, 5.74) is 7.72. The van der Waals surface area contributed by atoms with Gasteiger partial charge in [-0.25, -0.2) is 0 Å². The standard InChI is InChI=1S/C14H16BNO.H2/c1-15(2)11-6-8-13(9-7-11)17-14-5-3-4-12(16)10-14;/h3-10H,16H2,1-2H3;1H. The molecule has 0 aliphatic heterocycles. The van der Waals surface area contributed by atoms with Gasteiger partial charge >= 0.3 is 0 Å². The van der Waals surface area contributed by atoms with Crippen LogP contribution in [0.2, 0.25) is 13.6 Å². The van der Waals surface area contributed by atoms with Gasteiger partial charge in [-0.3, -0.25) is 0 Å². The first-order valence-corrected chi connectivity index (χ1v) is 5.78. The third-order valence-corrected chi connectivity index (χ3v) is 2.64. The number of nitrogens with two attached hydrogens (primary N) is 1. The Morgan fingerprint density at radius 3 is 2.29 bits per heavy atom. The Balaban J connectivity index is 0.00000162. The Morgan fingerprint density at radius 2 is 1.71 bits per heavy atom. The van der Waals surface area contributed by atoms with Gasteiger partial charge in [-0.2, -0.15) is 0 Å². The molecule has 0 spiro atoms. The molecule has 0 aliphatic rings. The van der Waals surface area contributed by atoms with Crippen LogP contribution in [0.15, 0.2) is 48.5 Å². The van der Waals surface area contributed by atoms with E-state index in [4.69, 9.17) is 10.5 Å². The predicted molar refractivity (Wildman–Crippen MR) is 76.6 cm³/mol. The van der Waals surface area contributed by atoms with Crippen LogP contribution in [0.3, 0.4) is 0 Å². The first-order chi connectivity index (χ1) is 8.15. The summed E-state index contributed by atoms with van der Waals surface area (Å²) in [4.78, 5) is 0. The van der Waals surface area contributed by atoms with E-state index in [1.165, 1.54) is 5.46 Å². The lowest BCUT2D eigenvalue weighted by Crippen LogP contribution is -2.21. The molecule has 0 unspecified atom stereocenters. The van der Waals surface area contributed by atoms with E-state index in [9.17, 15) is 0 Å². The summed E-state index contributed by atoms with van der Waals surface area (Å²) >= 11 is 0. The van der Waals surface area contributed by atoms with E-state index in [0.29, 0.717) is 12.4 Å². The van der Waals surface area contributed by atoms with Gasteiger partial charge in [0.15, 0.2) is 6.71 Å². The molecule has 2 N–H and O–H groups in total. The molecule has 3 heteroatoms. The fraction of sp³-hybridized carbons (Fsp3) is 0.143. The second-order valence-electron chi connectivity index (χ2n) is 4.40. The van der Waals surface area contributed by atoms with Crippen LogP contribution in [0.4, 0.5) is 5.69 Å². The minimum absolute atomic E-state index is 0. The molecule has 0 heterocycles. The van der Waals surface area contributed by atoms with Crippen molar-refractivity contribution in [3.8, 4) is 11.5 Å². The zero-order chi connectivity index (χ0) is 12.3. The maximum Gasteiger partial charge on any atom is 0.169 e. The number of benzene rings is 2. The molecule has 0 aromatic heterocycles. The summed E-state index contributed by atoms with van der Waals surface area (Å²) in [6, 6.07) is 15.6. The Hall–Kier alpha value is -1.90. The Bertz CT molecular complexity index is 499. The van der Waals surface area contributed by atoms with Gasteiger partial charge in [0.1, 0.15) is 11.5 Å². The average Bonchev–Trinajstić information content (AvgIpc) is 2.29. The molecule has 0 saturated heterocycles. The molecule has 2 aromatic rings. The van der Waals surface area contributed by atoms with Crippen molar-refractivity contribution in [2.24, 2.45) is 0 Å². The molecule has 2 rings (SSSR count). The molecular weight excluding hydrogens is 209 g/mol. The Kier molecular flexibility index (Phi) is 3.38. The van der Waals surface area contributed by atoms with Crippen molar-refractivity contribution in [3.05, 3.63) is 48.5 Å². The number of ether oxygens (including phenoxy) is 1. The average molecular weight is 227 g/mol. The van der Waals surface area contributed by atoms with Crippen molar-refractivity contribution in [1.82, 2.24) is 0 Å². The Labute approximate surface area is 104 Å². The third kappa shape index (κ3) is 3.03. The van der Waals surface area contributed by atoms with E-state index in [-0.39, 0.29) is 1.43 Å². The highest BCUT2D eigenvalue weighted by Crippen LogP contribution is 2.22. The van der Waals surface area contributed by atoms with Crippen molar-refractivity contribution in [3.63, 3.8) is 0 Å². The lowest BCUT2D eigenvalue weighted by molar-refractivity contribution is 0.483. The molecular formula is C14H18BNO. The van der Waals surface area contributed by atoms with Gasteiger partial charge in [0.05, 0.1) is 0 Å². The summed E-state index contributed by atoms with van der Waals surface area (Å²) in [5, 5.41) is 0. The van der Waals surface area contributed by atoms with Crippen LogP contribution in [0.1, 0.15) is 1.43 Å². The van der Waals surface area contributed by atoms with Crippen molar-refractivity contribution >= 4 is 17.9 Å². The smallest absolute Gasteiger partial charge is 0.169 e. The van der Waals surface area contributed by atoms with Crippen LogP contribution in [-0.2, 0) is 0 Å². The highest BCUT2D eigenvalue weighted by atomic mass is 16.5. The fourth-order valence-corrected chi connectivity index (χ4v) is 1.63.